The fraction of sp³-hybridized carbons (Fsp3) is 0.364. The molecule has 0 radical (unpaired) electrons. The fourth-order valence-corrected chi connectivity index (χ4v) is 5.30. The Labute approximate surface area is 256 Å². The van der Waals surface area contributed by atoms with E-state index in [-0.39, 0.29) is 24.4 Å². The Balaban J connectivity index is 0.00000484. The quantitative estimate of drug-likeness (QED) is 0.249. The molecule has 1 fully saturated rings. The lowest BCUT2D eigenvalue weighted by Gasteiger charge is -2.31. The van der Waals surface area contributed by atoms with E-state index in [2.05, 4.69) is 70.6 Å². The number of hydrogen-bond donors (Lipinski definition) is 2. The Morgan fingerprint density at radius 3 is 1.98 bits per heavy atom. The number of carbonyl (C=O) groups is 1. The SMILES string of the molecule is C=C(CN1CCNCC1)CN(CCC(c1ccccc1)c1ccccc1)C(=O)Nc1cc(OC)c(OC)c(OC)c1.Cl. The predicted octanol–water partition coefficient (Wildman–Crippen LogP) is 5.65. The summed E-state index contributed by atoms with van der Waals surface area (Å²) in [7, 11) is 4.67. The number of anilines is 1. The Kier molecular flexibility index (Phi) is 13.0. The van der Waals surface area contributed by atoms with E-state index in [0.29, 0.717) is 36.0 Å². The Morgan fingerprint density at radius 2 is 1.48 bits per heavy atom. The van der Waals surface area contributed by atoms with E-state index in [1.54, 1.807) is 33.5 Å². The summed E-state index contributed by atoms with van der Waals surface area (Å²) in [6.45, 7) is 10.0. The first-order chi connectivity index (χ1) is 20.0. The number of methoxy groups -OCH3 is 3. The Bertz CT molecular complexity index is 1210. The van der Waals surface area contributed by atoms with Crippen molar-refractivity contribution in [2.45, 2.75) is 12.3 Å². The van der Waals surface area contributed by atoms with Crippen LogP contribution in [-0.2, 0) is 0 Å². The summed E-state index contributed by atoms with van der Waals surface area (Å²) in [4.78, 5) is 18.1. The molecule has 2 amide bonds. The van der Waals surface area contributed by atoms with Crippen LogP contribution in [0.5, 0.6) is 17.2 Å². The molecule has 1 aliphatic rings. The highest BCUT2D eigenvalue weighted by Gasteiger charge is 2.22. The van der Waals surface area contributed by atoms with E-state index in [1.165, 1.54) is 11.1 Å². The van der Waals surface area contributed by atoms with Crippen LogP contribution < -0.4 is 24.8 Å². The van der Waals surface area contributed by atoms with Crippen LogP contribution in [0.4, 0.5) is 10.5 Å². The average molecular weight is 595 g/mol. The smallest absolute Gasteiger partial charge is 0.322 e. The van der Waals surface area contributed by atoms with E-state index in [9.17, 15) is 4.79 Å². The van der Waals surface area contributed by atoms with Gasteiger partial charge >= 0.3 is 6.03 Å². The number of halogens is 1. The molecule has 3 aromatic carbocycles. The molecule has 2 N–H and O–H groups in total. The van der Waals surface area contributed by atoms with E-state index in [0.717, 1.165) is 44.7 Å². The van der Waals surface area contributed by atoms with Gasteiger partial charge in [-0.3, -0.25) is 4.90 Å². The zero-order valence-electron chi connectivity index (χ0n) is 24.8. The van der Waals surface area contributed by atoms with Gasteiger partial charge in [0.25, 0.3) is 0 Å². The summed E-state index contributed by atoms with van der Waals surface area (Å²) in [5.74, 6) is 1.58. The third-order valence-electron chi connectivity index (χ3n) is 7.37. The third-order valence-corrected chi connectivity index (χ3v) is 7.37. The molecule has 0 aliphatic carbocycles. The normalized spacial score (nSPS) is 13.1. The van der Waals surface area contributed by atoms with Gasteiger partial charge in [-0.05, 0) is 23.1 Å². The average Bonchev–Trinajstić information content (AvgIpc) is 3.01. The van der Waals surface area contributed by atoms with E-state index >= 15 is 0 Å². The van der Waals surface area contributed by atoms with Gasteiger partial charge in [-0.15, -0.1) is 12.4 Å². The highest BCUT2D eigenvalue weighted by atomic mass is 35.5. The molecule has 0 unspecified atom stereocenters. The lowest BCUT2D eigenvalue weighted by Crippen LogP contribution is -2.45. The van der Waals surface area contributed by atoms with Gasteiger partial charge in [0, 0.05) is 63.9 Å². The topological polar surface area (TPSA) is 75.3 Å². The van der Waals surface area contributed by atoms with E-state index in [4.69, 9.17) is 14.2 Å². The largest absolute Gasteiger partial charge is 0.493 e. The van der Waals surface area contributed by atoms with Crippen LogP contribution in [0, 0.1) is 0 Å². The van der Waals surface area contributed by atoms with Gasteiger partial charge in [0.1, 0.15) is 0 Å². The molecule has 4 rings (SSSR count). The number of amides is 2. The van der Waals surface area contributed by atoms with Crippen molar-refractivity contribution in [2.75, 3.05) is 72.5 Å². The van der Waals surface area contributed by atoms with Crippen molar-refractivity contribution in [3.63, 3.8) is 0 Å². The van der Waals surface area contributed by atoms with Crippen LogP contribution in [0.25, 0.3) is 0 Å². The van der Waals surface area contributed by atoms with Gasteiger partial charge in [-0.1, -0.05) is 67.2 Å². The maximum Gasteiger partial charge on any atom is 0.322 e. The molecule has 9 heteroatoms. The lowest BCUT2D eigenvalue weighted by molar-refractivity contribution is 0.210. The van der Waals surface area contributed by atoms with Gasteiger partial charge in [-0.25, -0.2) is 4.79 Å². The molecule has 0 spiro atoms. The molecular formula is C33H43ClN4O4. The van der Waals surface area contributed by atoms with Crippen LogP contribution in [0.15, 0.2) is 84.9 Å². The molecule has 0 saturated carbocycles. The zero-order chi connectivity index (χ0) is 29.0. The summed E-state index contributed by atoms with van der Waals surface area (Å²) in [6, 6.07) is 24.2. The van der Waals surface area contributed by atoms with Crippen molar-refractivity contribution in [3.8, 4) is 17.2 Å². The van der Waals surface area contributed by atoms with Crippen LogP contribution in [0.3, 0.4) is 0 Å². The molecule has 0 atom stereocenters. The number of rotatable bonds is 13. The summed E-state index contributed by atoms with van der Waals surface area (Å²) >= 11 is 0. The first-order valence-electron chi connectivity index (χ1n) is 14.1. The van der Waals surface area contributed by atoms with Crippen molar-refractivity contribution >= 4 is 24.1 Å². The number of hydrogen-bond acceptors (Lipinski definition) is 6. The number of benzene rings is 3. The summed E-state index contributed by atoms with van der Waals surface area (Å²) in [5, 5.41) is 6.45. The van der Waals surface area contributed by atoms with E-state index < -0.39 is 0 Å². The minimum Gasteiger partial charge on any atom is -0.493 e. The van der Waals surface area contributed by atoms with Crippen LogP contribution in [0.2, 0.25) is 0 Å². The standard InChI is InChI=1S/C33H42N4O4.ClH/c1-25(23-36-19-16-34-17-20-36)24-37(33(38)35-28-21-30(39-2)32(41-4)31(22-28)40-3)18-15-29(26-11-7-5-8-12-26)27-13-9-6-10-14-27;/h5-14,21-22,29,34H,1,15-20,23-24H2,2-4H3,(H,35,38);1H. The number of nitrogens with zero attached hydrogens (tertiary/aromatic N) is 2. The number of nitrogens with one attached hydrogen (secondary N) is 2. The second-order valence-electron chi connectivity index (χ2n) is 10.2. The van der Waals surface area contributed by atoms with Gasteiger partial charge in [0.05, 0.1) is 27.0 Å². The number of urea groups is 1. The Morgan fingerprint density at radius 1 is 0.929 bits per heavy atom. The molecule has 1 heterocycles. The van der Waals surface area contributed by atoms with Crippen molar-refractivity contribution in [3.05, 3.63) is 96.1 Å². The van der Waals surface area contributed by atoms with E-state index in [1.807, 2.05) is 17.0 Å². The lowest BCUT2D eigenvalue weighted by atomic mass is 9.88. The molecule has 8 nitrogen and oxygen atoms in total. The second kappa shape index (κ2) is 16.7. The van der Waals surface area contributed by atoms with Crippen LogP contribution in [0.1, 0.15) is 23.5 Å². The first-order valence-corrected chi connectivity index (χ1v) is 14.1. The number of carbonyl (C=O) groups excluding carboxylic acids is 1. The van der Waals surface area contributed by atoms with Crippen molar-refractivity contribution in [1.29, 1.82) is 0 Å². The minimum atomic E-state index is -0.208. The summed E-state index contributed by atoms with van der Waals surface area (Å²) in [6.07, 6.45) is 0.762. The molecule has 42 heavy (non-hydrogen) atoms. The second-order valence-corrected chi connectivity index (χ2v) is 10.2. The van der Waals surface area contributed by atoms with Crippen LogP contribution in [-0.4, -0.2) is 83.0 Å². The van der Waals surface area contributed by atoms with Gasteiger partial charge in [-0.2, -0.15) is 0 Å². The molecule has 1 aliphatic heterocycles. The minimum absolute atomic E-state index is 0. The van der Waals surface area contributed by atoms with Gasteiger partial charge in [0.15, 0.2) is 11.5 Å². The van der Waals surface area contributed by atoms with Gasteiger partial charge < -0.3 is 29.7 Å². The Hall–Kier alpha value is -3.72. The molecule has 1 saturated heterocycles. The van der Waals surface area contributed by atoms with Crippen molar-refractivity contribution in [1.82, 2.24) is 15.1 Å². The number of ether oxygens (including phenoxy) is 3. The van der Waals surface area contributed by atoms with Crippen LogP contribution >= 0.6 is 12.4 Å². The maximum atomic E-state index is 13.8. The molecular weight excluding hydrogens is 552 g/mol. The monoisotopic (exact) mass is 594 g/mol. The molecule has 0 bridgehead atoms. The van der Waals surface area contributed by atoms with Crippen molar-refractivity contribution in [2.24, 2.45) is 0 Å². The molecule has 226 valence electrons. The fourth-order valence-electron chi connectivity index (χ4n) is 5.30. The summed E-state index contributed by atoms with van der Waals surface area (Å²) in [5.41, 5.74) is 4.01. The third kappa shape index (κ3) is 8.89. The number of piperazine rings is 1. The zero-order valence-corrected chi connectivity index (χ0v) is 25.6. The van der Waals surface area contributed by atoms with Crippen molar-refractivity contribution < 1.29 is 19.0 Å². The molecule has 0 aromatic heterocycles. The maximum absolute atomic E-state index is 13.8. The highest BCUT2D eigenvalue weighted by molar-refractivity contribution is 5.90. The predicted molar refractivity (Wildman–Crippen MR) is 172 cm³/mol. The summed E-state index contributed by atoms with van der Waals surface area (Å²) < 4.78 is 16.4. The molecule has 3 aromatic rings. The van der Waals surface area contributed by atoms with Gasteiger partial charge in [0.2, 0.25) is 5.75 Å². The first kappa shape index (κ1) is 32.8. The highest BCUT2D eigenvalue weighted by Crippen LogP contribution is 2.40.